The van der Waals surface area contributed by atoms with Gasteiger partial charge < -0.3 is 10.6 Å². The Kier molecular flexibility index (Phi) is 3.56. The summed E-state index contributed by atoms with van der Waals surface area (Å²) in [7, 11) is 0. The van der Waals surface area contributed by atoms with E-state index in [2.05, 4.69) is 15.6 Å². The molecule has 0 aromatic heterocycles. The third kappa shape index (κ3) is 2.60. The normalized spacial score (nSPS) is 16.6. The molecule has 16 heavy (non-hydrogen) atoms. The van der Waals surface area contributed by atoms with E-state index in [0.29, 0.717) is 10.0 Å². The van der Waals surface area contributed by atoms with Gasteiger partial charge in [-0.15, -0.1) is 0 Å². The van der Waals surface area contributed by atoms with Crippen molar-refractivity contribution in [2.45, 2.75) is 13.0 Å². The summed E-state index contributed by atoms with van der Waals surface area (Å²) in [6.07, 6.45) is 0. The van der Waals surface area contributed by atoms with Crippen LogP contribution in [0.4, 0.5) is 0 Å². The third-order valence-electron chi connectivity index (χ3n) is 2.46. The largest absolute Gasteiger partial charge is 0.355 e. The molecule has 1 heterocycles. The van der Waals surface area contributed by atoms with Gasteiger partial charge in [-0.3, -0.25) is 4.99 Å². The van der Waals surface area contributed by atoms with Crippen molar-refractivity contribution >= 4 is 29.2 Å². The lowest BCUT2D eigenvalue weighted by atomic mass is 10.1. The molecule has 0 aliphatic carbocycles. The highest BCUT2D eigenvalue weighted by molar-refractivity contribution is 6.35. The number of benzene rings is 1. The van der Waals surface area contributed by atoms with Gasteiger partial charge in [-0.2, -0.15) is 0 Å². The first kappa shape index (κ1) is 11.6. The summed E-state index contributed by atoms with van der Waals surface area (Å²) in [6, 6.07) is 5.62. The Hall–Kier alpha value is -0.930. The molecule has 0 saturated heterocycles. The second-order valence-electron chi connectivity index (χ2n) is 3.69. The van der Waals surface area contributed by atoms with Gasteiger partial charge in [0, 0.05) is 16.6 Å². The minimum absolute atomic E-state index is 0.106. The first-order valence-corrected chi connectivity index (χ1v) is 5.92. The minimum Gasteiger partial charge on any atom is -0.355 e. The van der Waals surface area contributed by atoms with Crippen molar-refractivity contribution in [1.82, 2.24) is 10.6 Å². The van der Waals surface area contributed by atoms with Crippen molar-refractivity contribution in [1.29, 1.82) is 0 Å². The zero-order valence-electron chi connectivity index (χ0n) is 8.93. The number of nitrogens with zero attached hydrogens (tertiary/aromatic N) is 1. The molecule has 0 spiro atoms. The van der Waals surface area contributed by atoms with Gasteiger partial charge >= 0.3 is 0 Å². The summed E-state index contributed by atoms with van der Waals surface area (Å²) in [4.78, 5) is 4.27. The topological polar surface area (TPSA) is 36.4 Å². The van der Waals surface area contributed by atoms with Gasteiger partial charge in [0.15, 0.2) is 5.96 Å². The van der Waals surface area contributed by atoms with Crippen LogP contribution in [0.15, 0.2) is 23.2 Å². The third-order valence-corrected chi connectivity index (χ3v) is 3.02. The van der Waals surface area contributed by atoms with E-state index in [9.17, 15) is 0 Å². The van der Waals surface area contributed by atoms with Crippen LogP contribution in [-0.4, -0.2) is 19.0 Å². The van der Waals surface area contributed by atoms with Crippen LogP contribution in [-0.2, 0) is 0 Å². The molecule has 0 saturated carbocycles. The zero-order valence-corrected chi connectivity index (χ0v) is 10.4. The molecule has 1 atom stereocenters. The summed E-state index contributed by atoms with van der Waals surface area (Å²) in [5.74, 6) is 0.832. The summed E-state index contributed by atoms with van der Waals surface area (Å²) < 4.78 is 0. The Morgan fingerprint density at radius 1 is 1.44 bits per heavy atom. The zero-order chi connectivity index (χ0) is 11.5. The fourth-order valence-corrected chi connectivity index (χ4v) is 2.20. The molecule has 1 aliphatic heterocycles. The molecule has 5 heteroatoms. The van der Waals surface area contributed by atoms with Gasteiger partial charge in [0.1, 0.15) is 0 Å². The highest BCUT2D eigenvalue weighted by Gasteiger charge is 2.13. The summed E-state index contributed by atoms with van der Waals surface area (Å²) in [5, 5.41) is 7.75. The summed E-state index contributed by atoms with van der Waals surface area (Å²) >= 11 is 12.0. The second-order valence-corrected chi connectivity index (χ2v) is 4.53. The Bertz CT molecular complexity index is 418. The maximum absolute atomic E-state index is 6.13. The molecule has 2 rings (SSSR count). The van der Waals surface area contributed by atoms with Crippen molar-refractivity contribution < 1.29 is 0 Å². The molecule has 3 nitrogen and oxygen atoms in total. The number of aliphatic imine (C=N–C) groups is 1. The fourth-order valence-electron chi connectivity index (χ4n) is 1.63. The molecule has 1 aromatic rings. The van der Waals surface area contributed by atoms with Gasteiger partial charge in [-0.05, 0) is 24.6 Å². The Balaban J connectivity index is 2.10. The fraction of sp³-hybridized carbons (Fsp3) is 0.364. The molecule has 0 bridgehead atoms. The molecule has 86 valence electrons. The van der Waals surface area contributed by atoms with Crippen molar-refractivity contribution in [2.75, 3.05) is 13.1 Å². The van der Waals surface area contributed by atoms with Crippen molar-refractivity contribution in [3.8, 4) is 0 Å². The van der Waals surface area contributed by atoms with Crippen molar-refractivity contribution in [2.24, 2.45) is 4.99 Å². The molecule has 2 N–H and O–H groups in total. The van der Waals surface area contributed by atoms with Gasteiger partial charge in [-0.25, -0.2) is 0 Å². The SMILES string of the molecule is C[C@H](NC1=NCCN1)c1ccc(Cl)cc1Cl. The first-order valence-electron chi connectivity index (χ1n) is 5.16. The Morgan fingerprint density at radius 3 is 2.88 bits per heavy atom. The standard InChI is InChI=1S/C11H13Cl2N3/c1-7(16-11-14-4-5-15-11)9-3-2-8(12)6-10(9)13/h2-3,6-7H,4-5H2,1H3,(H2,14,15,16)/t7-/m0/s1. The highest BCUT2D eigenvalue weighted by Crippen LogP contribution is 2.25. The molecule has 1 aliphatic rings. The molecular weight excluding hydrogens is 245 g/mol. The average molecular weight is 258 g/mol. The van der Waals surface area contributed by atoms with E-state index in [-0.39, 0.29) is 6.04 Å². The highest BCUT2D eigenvalue weighted by atomic mass is 35.5. The molecular formula is C11H13Cl2N3. The lowest BCUT2D eigenvalue weighted by Crippen LogP contribution is -2.35. The van der Waals surface area contributed by atoms with Crippen LogP contribution in [0.1, 0.15) is 18.5 Å². The summed E-state index contributed by atoms with van der Waals surface area (Å²) in [5.41, 5.74) is 1.02. The van der Waals surface area contributed by atoms with Crippen LogP contribution in [0.3, 0.4) is 0 Å². The monoisotopic (exact) mass is 257 g/mol. The number of guanidine groups is 1. The number of hydrogen-bond donors (Lipinski definition) is 2. The molecule has 0 amide bonds. The Labute approximate surface area is 105 Å². The van der Waals surface area contributed by atoms with Crippen LogP contribution in [0, 0.1) is 0 Å². The van der Waals surface area contributed by atoms with Crippen LogP contribution in [0.25, 0.3) is 0 Å². The van der Waals surface area contributed by atoms with E-state index >= 15 is 0 Å². The van der Waals surface area contributed by atoms with Crippen LogP contribution in [0.5, 0.6) is 0 Å². The first-order chi connectivity index (χ1) is 7.66. The van der Waals surface area contributed by atoms with Gasteiger partial charge in [0.25, 0.3) is 0 Å². The van der Waals surface area contributed by atoms with Crippen LogP contribution in [0.2, 0.25) is 10.0 Å². The van der Waals surface area contributed by atoms with E-state index in [1.807, 2.05) is 19.1 Å². The maximum atomic E-state index is 6.13. The minimum atomic E-state index is 0.106. The molecule has 0 unspecified atom stereocenters. The smallest absolute Gasteiger partial charge is 0.191 e. The van der Waals surface area contributed by atoms with E-state index in [1.165, 1.54) is 0 Å². The lowest BCUT2D eigenvalue weighted by molar-refractivity contribution is 0.702. The van der Waals surface area contributed by atoms with E-state index < -0.39 is 0 Å². The van der Waals surface area contributed by atoms with Gasteiger partial charge in [-0.1, -0.05) is 29.3 Å². The van der Waals surface area contributed by atoms with Gasteiger partial charge in [0.05, 0.1) is 12.6 Å². The average Bonchev–Trinajstić information content (AvgIpc) is 2.70. The number of hydrogen-bond acceptors (Lipinski definition) is 3. The quantitative estimate of drug-likeness (QED) is 0.855. The molecule has 1 aromatic carbocycles. The molecule has 0 radical (unpaired) electrons. The number of nitrogens with one attached hydrogen (secondary N) is 2. The summed E-state index contributed by atoms with van der Waals surface area (Å²) in [6.45, 7) is 3.75. The molecule has 0 fully saturated rings. The number of halogens is 2. The van der Waals surface area contributed by atoms with E-state index in [1.54, 1.807) is 6.07 Å². The van der Waals surface area contributed by atoms with Crippen molar-refractivity contribution in [3.63, 3.8) is 0 Å². The predicted molar refractivity (Wildman–Crippen MR) is 68.3 cm³/mol. The van der Waals surface area contributed by atoms with Crippen LogP contribution < -0.4 is 10.6 Å². The Morgan fingerprint density at radius 2 is 2.25 bits per heavy atom. The second kappa shape index (κ2) is 4.93. The lowest BCUT2D eigenvalue weighted by Gasteiger charge is -2.16. The van der Waals surface area contributed by atoms with E-state index in [4.69, 9.17) is 23.2 Å². The van der Waals surface area contributed by atoms with Gasteiger partial charge in [0.2, 0.25) is 0 Å². The van der Waals surface area contributed by atoms with Crippen LogP contribution >= 0.6 is 23.2 Å². The number of rotatable bonds is 2. The van der Waals surface area contributed by atoms with E-state index in [0.717, 1.165) is 24.6 Å². The predicted octanol–water partition coefficient (Wildman–Crippen LogP) is 2.60. The maximum Gasteiger partial charge on any atom is 0.191 e. The van der Waals surface area contributed by atoms with Crippen molar-refractivity contribution in [3.05, 3.63) is 33.8 Å².